The van der Waals surface area contributed by atoms with E-state index in [1.807, 2.05) is 6.92 Å². The maximum absolute atomic E-state index is 11.2. The van der Waals surface area contributed by atoms with Gasteiger partial charge in [0.05, 0.1) is 4.92 Å². The van der Waals surface area contributed by atoms with E-state index >= 15 is 0 Å². The van der Waals surface area contributed by atoms with Crippen LogP contribution in [0.15, 0.2) is 0 Å². The summed E-state index contributed by atoms with van der Waals surface area (Å²) in [4.78, 5) is 29.9. The van der Waals surface area contributed by atoms with E-state index in [0.29, 0.717) is 12.5 Å². The van der Waals surface area contributed by atoms with Crippen molar-refractivity contribution in [3.05, 3.63) is 15.8 Å². The van der Waals surface area contributed by atoms with Gasteiger partial charge in [0.25, 0.3) is 0 Å². The number of rotatable bonds is 8. The second-order valence-corrected chi connectivity index (χ2v) is 4.36. The first-order valence-corrected chi connectivity index (χ1v) is 6.71. The first kappa shape index (κ1) is 16.6. The van der Waals surface area contributed by atoms with Crippen molar-refractivity contribution in [3.8, 4) is 0 Å². The van der Waals surface area contributed by atoms with Crippen LogP contribution < -0.4 is 16.0 Å². The molecule has 1 heterocycles. The standard InChI is InChI=1S/C12H20N6O3/c1-4-6-15-12-16-8(2)10(18(20)21)11(17-12)14-7-5-9(19)13-3/h4-7H2,1-3H3,(H,13,19)(H2,14,15,16,17). The highest BCUT2D eigenvalue weighted by atomic mass is 16.6. The molecule has 0 saturated carbocycles. The fourth-order valence-electron chi connectivity index (χ4n) is 1.64. The molecule has 116 valence electrons. The fourth-order valence-corrected chi connectivity index (χ4v) is 1.64. The van der Waals surface area contributed by atoms with Crippen LogP contribution in [0.3, 0.4) is 0 Å². The van der Waals surface area contributed by atoms with Crippen molar-refractivity contribution in [3.63, 3.8) is 0 Å². The summed E-state index contributed by atoms with van der Waals surface area (Å²) in [5, 5.41) is 19.4. The summed E-state index contributed by atoms with van der Waals surface area (Å²) in [6.07, 6.45) is 1.09. The molecule has 0 aliphatic carbocycles. The van der Waals surface area contributed by atoms with Gasteiger partial charge in [-0.2, -0.15) is 4.98 Å². The lowest BCUT2D eigenvalue weighted by Crippen LogP contribution is -2.21. The minimum Gasteiger partial charge on any atom is -0.364 e. The Morgan fingerprint density at radius 1 is 1.29 bits per heavy atom. The summed E-state index contributed by atoms with van der Waals surface area (Å²) >= 11 is 0. The van der Waals surface area contributed by atoms with Crippen LogP contribution in [-0.2, 0) is 4.79 Å². The van der Waals surface area contributed by atoms with Crippen LogP contribution >= 0.6 is 0 Å². The Labute approximate surface area is 122 Å². The van der Waals surface area contributed by atoms with Crippen molar-refractivity contribution < 1.29 is 9.72 Å². The van der Waals surface area contributed by atoms with E-state index in [-0.39, 0.29) is 36.1 Å². The number of nitrogens with one attached hydrogen (secondary N) is 3. The molecule has 0 aliphatic rings. The molecule has 0 aliphatic heterocycles. The summed E-state index contributed by atoms with van der Waals surface area (Å²) < 4.78 is 0. The van der Waals surface area contributed by atoms with Crippen molar-refractivity contribution in [2.24, 2.45) is 0 Å². The number of amides is 1. The van der Waals surface area contributed by atoms with Crippen LogP contribution in [0, 0.1) is 17.0 Å². The second-order valence-electron chi connectivity index (χ2n) is 4.36. The maximum atomic E-state index is 11.2. The molecule has 0 atom stereocenters. The molecule has 1 aromatic heterocycles. The minimum absolute atomic E-state index is 0.120. The Balaban J connectivity index is 2.93. The van der Waals surface area contributed by atoms with Crippen molar-refractivity contribution in [1.82, 2.24) is 15.3 Å². The number of nitro groups is 1. The van der Waals surface area contributed by atoms with Crippen molar-refractivity contribution >= 4 is 23.4 Å². The minimum atomic E-state index is -0.527. The van der Waals surface area contributed by atoms with E-state index in [9.17, 15) is 14.9 Å². The van der Waals surface area contributed by atoms with Gasteiger partial charge in [0, 0.05) is 26.6 Å². The molecule has 0 radical (unpaired) electrons. The third-order valence-corrected chi connectivity index (χ3v) is 2.70. The highest BCUT2D eigenvalue weighted by molar-refractivity contribution is 5.76. The fraction of sp³-hybridized carbons (Fsp3) is 0.583. The molecule has 9 heteroatoms. The van der Waals surface area contributed by atoms with E-state index in [0.717, 1.165) is 6.42 Å². The van der Waals surface area contributed by atoms with Gasteiger partial charge in [0.1, 0.15) is 5.69 Å². The smallest absolute Gasteiger partial charge is 0.332 e. The van der Waals surface area contributed by atoms with E-state index in [2.05, 4.69) is 25.9 Å². The summed E-state index contributed by atoms with van der Waals surface area (Å²) in [6, 6.07) is 0. The summed E-state index contributed by atoms with van der Waals surface area (Å²) in [5.41, 5.74) is 0.102. The molecule has 1 aromatic rings. The van der Waals surface area contributed by atoms with E-state index < -0.39 is 4.92 Å². The number of aryl methyl sites for hydroxylation is 1. The average molecular weight is 296 g/mol. The second kappa shape index (κ2) is 7.98. The van der Waals surface area contributed by atoms with Crippen molar-refractivity contribution in [1.29, 1.82) is 0 Å². The zero-order valence-electron chi connectivity index (χ0n) is 12.4. The zero-order valence-corrected chi connectivity index (χ0v) is 12.4. The SMILES string of the molecule is CCCNc1nc(C)c([N+](=O)[O-])c(NCCC(=O)NC)n1. The van der Waals surface area contributed by atoms with Gasteiger partial charge in [-0.25, -0.2) is 4.98 Å². The van der Waals surface area contributed by atoms with Crippen LogP contribution in [0.2, 0.25) is 0 Å². The lowest BCUT2D eigenvalue weighted by atomic mass is 10.3. The maximum Gasteiger partial charge on any atom is 0.332 e. The van der Waals surface area contributed by atoms with Crippen molar-refractivity contribution in [2.45, 2.75) is 26.7 Å². The summed E-state index contributed by atoms with van der Waals surface area (Å²) in [7, 11) is 1.53. The van der Waals surface area contributed by atoms with Crippen LogP contribution in [0.25, 0.3) is 0 Å². The van der Waals surface area contributed by atoms with Gasteiger partial charge >= 0.3 is 5.69 Å². The molecule has 0 spiro atoms. The highest BCUT2D eigenvalue weighted by Crippen LogP contribution is 2.26. The Morgan fingerprint density at radius 2 is 2.00 bits per heavy atom. The molecule has 1 amide bonds. The summed E-state index contributed by atoms with van der Waals surface area (Å²) in [6.45, 7) is 4.48. The lowest BCUT2D eigenvalue weighted by Gasteiger charge is -2.10. The van der Waals surface area contributed by atoms with Gasteiger partial charge in [0.2, 0.25) is 17.7 Å². The first-order chi connectivity index (χ1) is 9.99. The molecule has 9 nitrogen and oxygen atoms in total. The Bertz CT molecular complexity index is 520. The first-order valence-electron chi connectivity index (χ1n) is 6.71. The predicted molar refractivity (Wildman–Crippen MR) is 79.4 cm³/mol. The summed E-state index contributed by atoms with van der Waals surface area (Å²) in [5.74, 6) is 0.303. The quantitative estimate of drug-likeness (QED) is 0.484. The number of hydrogen-bond donors (Lipinski definition) is 3. The Hall–Kier alpha value is -2.45. The monoisotopic (exact) mass is 296 g/mol. The third kappa shape index (κ3) is 4.86. The van der Waals surface area contributed by atoms with Gasteiger partial charge in [-0.3, -0.25) is 14.9 Å². The van der Waals surface area contributed by atoms with Gasteiger partial charge < -0.3 is 16.0 Å². The Kier molecular flexibility index (Phi) is 6.31. The third-order valence-electron chi connectivity index (χ3n) is 2.70. The topological polar surface area (TPSA) is 122 Å². The van der Waals surface area contributed by atoms with Gasteiger partial charge in [-0.05, 0) is 13.3 Å². The molecule has 1 rings (SSSR count). The van der Waals surface area contributed by atoms with Crippen LogP contribution in [0.4, 0.5) is 17.5 Å². The molecule has 3 N–H and O–H groups in total. The van der Waals surface area contributed by atoms with E-state index in [4.69, 9.17) is 0 Å². The number of anilines is 2. The zero-order chi connectivity index (χ0) is 15.8. The molecule has 0 unspecified atom stereocenters. The lowest BCUT2D eigenvalue weighted by molar-refractivity contribution is -0.385. The molecule has 0 fully saturated rings. The molecule has 0 aromatic carbocycles. The molecular formula is C12H20N6O3. The molecule has 0 bridgehead atoms. The van der Waals surface area contributed by atoms with Gasteiger partial charge in [-0.1, -0.05) is 6.92 Å². The number of carbonyl (C=O) groups is 1. The predicted octanol–water partition coefficient (Wildman–Crippen LogP) is 1.06. The molecule has 21 heavy (non-hydrogen) atoms. The number of nitrogens with zero attached hydrogens (tertiary/aromatic N) is 3. The van der Waals surface area contributed by atoms with Gasteiger partial charge in [-0.15, -0.1) is 0 Å². The van der Waals surface area contributed by atoms with Gasteiger partial charge in [0.15, 0.2) is 0 Å². The van der Waals surface area contributed by atoms with Crippen molar-refractivity contribution in [2.75, 3.05) is 30.8 Å². The normalized spacial score (nSPS) is 10.0. The Morgan fingerprint density at radius 3 is 2.57 bits per heavy atom. The van der Waals surface area contributed by atoms with E-state index in [1.165, 1.54) is 7.05 Å². The average Bonchev–Trinajstić information content (AvgIpc) is 2.43. The number of carbonyl (C=O) groups excluding carboxylic acids is 1. The van der Waals surface area contributed by atoms with Crippen LogP contribution in [0.5, 0.6) is 0 Å². The number of aromatic nitrogens is 2. The van der Waals surface area contributed by atoms with Crippen LogP contribution in [-0.4, -0.2) is 40.9 Å². The highest BCUT2D eigenvalue weighted by Gasteiger charge is 2.21. The molecular weight excluding hydrogens is 276 g/mol. The largest absolute Gasteiger partial charge is 0.364 e. The van der Waals surface area contributed by atoms with E-state index in [1.54, 1.807) is 6.92 Å². The number of hydrogen-bond acceptors (Lipinski definition) is 7. The van der Waals surface area contributed by atoms with Crippen LogP contribution in [0.1, 0.15) is 25.5 Å². The molecule has 0 saturated heterocycles.